The lowest BCUT2D eigenvalue weighted by atomic mass is 9.80. The summed E-state index contributed by atoms with van der Waals surface area (Å²) >= 11 is 1.37. The first-order valence-corrected chi connectivity index (χ1v) is 11.5. The molecule has 2 aromatic rings. The van der Waals surface area contributed by atoms with Crippen molar-refractivity contribution in [2.45, 2.75) is 25.7 Å². The Morgan fingerprint density at radius 1 is 1.23 bits per heavy atom. The number of benzene rings is 2. The molecule has 5 nitrogen and oxygen atoms in total. The van der Waals surface area contributed by atoms with E-state index in [0.717, 1.165) is 30.2 Å². The van der Waals surface area contributed by atoms with Crippen molar-refractivity contribution in [2.75, 3.05) is 31.4 Å². The average molecular weight is 438 g/mol. The van der Waals surface area contributed by atoms with Crippen LogP contribution in [0, 0.1) is 5.41 Å². The molecule has 0 saturated carbocycles. The van der Waals surface area contributed by atoms with Gasteiger partial charge in [-0.15, -0.1) is 0 Å². The lowest BCUT2D eigenvalue weighted by Crippen LogP contribution is -2.71. The zero-order valence-electron chi connectivity index (χ0n) is 18.8. The van der Waals surface area contributed by atoms with Crippen LogP contribution in [0.3, 0.4) is 0 Å². The highest BCUT2D eigenvalue weighted by molar-refractivity contribution is 8.13. The standard InChI is InChI=1S/C25H32N4OS/c1-25(2)13-11-19(12-14-28-23-10-9-21(30-4)17-22(23)25)18-5-7-20(8-6-18)29(3)15-16-31-24(26)27/h5-12,14,17,28H,13,15-16H2,1-4H3,(H3,26,27)/p+1/b14-12-,19-11+. The number of allylic oxidation sites excluding steroid dienone is 3. The van der Waals surface area contributed by atoms with E-state index in [4.69, 9.17) is 15.9 Å². The number of methoxy groups -OCH3 is 1. The van der Waals surface area contributed by atoms with Gasteiger partial charge in [0.25, 0.3) is 0 Å². The smallest absolute Gasteiger partial charge is 0.151 e. The zero-order valence-corrected chi connectivity index (χ0v) is 19.6. The maximum absolute atomic E-state index is 7.33. The van der Waals surface area contributed by atoms with E-state index >= 15 is 0 Å². The van der Waals surface area contributed by atoms with Crippen molar-refractivity contribution in [1.29, 1.82) is 5.41 Å². The van der Waals surface area contributed by atoms with E-state index in [1.807, 2.05) is 6.07 Å². The van der Waals surface area contributed by atoms with Crippen molar-refractivity contribution in [2.24, 2.45) is 5.73 Å². The average Bonchev–Trinajstić information content (AvgIpc) is 2.81. The number of ether oxygens (including phenoxy) is 1. The summed E-state index contributed by atoms with van der Waals surface area (Å²) in [6.07, 6.45) is 7.60. The summed E-state index contributed by atoms with van der Waals surface area (Å²) in [4.78, 5) is 2.19. The Bertz CT molecular complexity index is 980. The minimum absolute atomic E-state index is 0.00776. The van der Waals surface area contributed by atoms with Gasteiger partial charge in [-0.1, -0.05) is 43.8 Å². The summed E-state index contributed by atoms with van der Waals surface area (Å²) in [5.74, 6) is 1.70. The van der Waals surface area contributed by atoms with E-state index in [-0.39, 0.29) is 10.6 Å². The minimum Gasteiger partial charge on any atom is -0.497 e. The van der Waals surface area contributed by atoms with Crippen molar-refractivity contribution in [1.82, 2.24) is 0 Å². The lowest BCUT2D eigenvalue weighted by Gasteiger charge is -2.25. The van der Waals surface area contributed by atoms with Gasteiger partial charge < -0.3 is 15.4 Å². The molecule has 1 heterocycles. The number of quaternary nitrogens is 1. The zero-order chi connectivity index (χ0) is 22.4. The van der Waals surface area contributed by atoms with E-state index in [1.165, 1.54) is 34.1 Å². The number of amidine groups is 1. The Morgan fingerprint density at radius 2 is 1.97 bits per heavy atom. The van der Waals surface area contributed by atoms with Crippen LogP contribution < -0.4 is 20.7 Å². The Labute approximate surface area is 189 Å². The number of nitrogens with one attached hydrogen (secondary N) is 1. The maximum Gasteiger partial charge on any atom is 0.151 e. The van der Waals surface area contributed by atoms with Crippen LogP contribution in [-0.2, 0) is 5.41 Å². The van der Waals surface area contributed by atoms with Gasteiger partial charge in [0.05, 0.1) is 13.3 Å². The van der Waals surface area contributed by atoms with Crippen molar-refractivity contribution < 1.29 is 10.1 Å². The number of hydrogen-bond acceptors (Lipinski definition) is 4. The molecule has 0 aromatic heterocycles. The quantitative estimate of drug-likeness (QED) is 0.359. The van der Waals surface area contributed by atoms with Crippen LogP contribution in [0.25, 0.3) is 5.57 Å². The number of rotatable bonds is 6. The molecule has 0 aliphatic carbocycles. The Morgan fingerprint density at radius 3 is 2.65 bits per heavy atom. The molecule has 1 aliphatic rings. The van der Waals surface area contributed by atoms with Crippen LogP contribution in [0.2, 0.25) is 0 Å². The molecule has 0 radical (unpaired) electrons. The molecule has 0 bridgehead atoms. The summed E-state index contributed by atoms with van der Waals surface area (Å²) in [7, 11) is 3.78. The molecule has 2 aromatic carbocycles. The van der Waals surface area contributed by atoms with Gasteiger partial charge in [-0.2, -0.15) is 0 Å². The monoisotopic (exact) mass is 437 g/mol. The Balaban J connectivity index is 1.79. The third-order valence-electron chi connectivity index (χ3n) is 5.70. The largest absolute Gasteiger partial charge is 0.497 e. The number of nitrogens with zero attached hydrogens (tertiary/aromatic N) is 1. The second kappa shape index (κ2) is 10.1. The highest BCUT2D eigenvalue weighted by Crippen LogP contribution is 2.35. The van der Waals surface area contributed by atoms with E-state index in [0.29, 0.717) is 0 Å². The molecule has 1 aliphatic heterocycles. The van der Waals surface area contributed by atoms with Crippen LogP contribution in [-0.4, -0.2) is 31.6 Å². The fourth-order valence-corrected chi connectivity index (χ4v) is 4.32. The lowest BCUT2D eigenvalue weighted by molar-refractivity contribution is -0.497. The normalized spacial score (nSPS) is 17.9. The second-order valence-corrected chi connectivity index (χ2v) is 9.54. The third kappa shape index (κ3) is 5.93. The maximum atomic E-state index is 7.33. The second-order valence-electron chi connectivity index (χ2n) is 8.41. The van der Waals surface area contributed by atoms with Crippen molar-refractivity contribution >= 4 is 33.9 Å². The van der Waals surface area contributed by atoms with Crippen LogP contribution in [0.5, 0.6) is 5.75 Å². The molecule has 0 unspecified atom stereocenters. The first-order chi connectivity index (χ1) is 14.8. The molecule has 0 atom stereocenters. The topological polar surface area (TPSA) is 79.0 Å². The minimum atomic E-state index is -0.00776. The van der Waals surface area contributed by atoms with E-state index in [9.17, 15) is 0 Å². The molecule has 5 N–H and O–H groups in total. The first-order valence-electron chi connectivity index (χ1n) is 10.5. The number of thioether (sulfide) groups is 1. The summed E-state index contributed by atoms with van der Waals surface area (Å²) < 4.78 is 5.46. The van der Waals surface area contributed by atoms with Gasteiger partial charge in [-0.3, -0.25) is 10.7 Å². The van der Waals surface area contributed by atoms with Crippen LogP contribution in [0.4, 0.5) is 11.4 Å². The Kier molecular flexibility index (Phi) is 7.46. The van der Waals surface area contributed by atoms with Gasteiger partial charge >= 0.3 is 0 Å². The van der Waals surface area contributed by atoms with Gasteiger partial charge in [0, 0.05) is 36.7 Å². The van der Waals surface area contributed by atoms with Gasteiger partial charge in [0.2, 0.25) is 0 Å². The molecule has 164 valence electrons. The van der Waals surface area contributed by atoms with Crippen LogP contribution >= 0.6 is 11.8 Å². The summed E-state index contributed by atoms with van der Waals surface area (Å²) in [6, 6.07) is 15.0. The molecular weight excluding hydrogens is 404 g/mol. The molecule has 3 rings (SSSR count). The van der Waals surface area contributed by atoms with Crippen LogP contribution in [0.1, 0.15) is 31.4 Å². The highest BCUT2D eigenvalue weighted by Gasteiger charge is 2.26. The summed E-state index contributed by atoms with van der Waals surface area (Å²) in [5, 5.41) is 9.68. The molecule has 31 heavy (non-hydrogen) atoms. The first kappa shape index (κ1) is 23.0. The number of fused-ring (bicyclic) bond motifs is 1. The molecule has 0 amide bonds. The summed E-state index contributed by atoms with van der Waals surface area (Å²) in [6.45, 7) is 5.42. The van der Waals surface area contributed by atoms with Crippen molar-refractivity contribution in [3.05, 3.63) is 71.9 Å². The predicted molar refractivity (Wildman–Crippen MR) is 133 cm³/mol. The van der Waals surface area contributed by atoms with E-state index in [1.54, 1.807) is 7.11 Å². The molecular formula is C25H33N4OS+. The third-order valence-corrected chi connectivity index (χ3v) is 6.40. The molecule has 0 saturated heterocycles. The van der Waals surface area contributed by atoms with Crippen LogP contribution in [0.15, 0.2) is 60.8 Å². The molecule has 0 fully saturated rings. The van der Waals surface area contributed by atoms with Gasteiger partial charge in [0.1, 0.15) is 11.4 Å². The number of nitrogens with two attached hydrogens (primary N) is 2. The fraction of sp³-hybridized carbons (Fsp3) is 0.320. The van der Waals surface area contributed by atoms with Gasteiger partial charge in [-0.05, 0) is 53.3 Å². The SMILES string of the molecule is COc1ccc2c(c1)C(C)(C)C/C=C(c1ccc(N(C)CCSC(=N)N)cc1)\C=C/[NH2+]2. The fourth-order valence-electron chi connectivity index (χ4n) is 3.74. The van der Waals surface area contributed by atoms with Gasteiger partial charge in [0.15, 0.2) is 5.17 Å². The Hall–Kier alpha value is -2.70. The molecule has 0 spiro atoms. The van der Waals surface area contributed by atoms with E-state index < -0.39 is 0 Å². The highest BCUT2D eigenvalue weighted by atomic mass is 32.2. The number of hydrogen-bond donors (Lipinski definition) is 3. The summed E-state index contributed by atoms with van der Waals surface area (Å²) in [5.41, 5.74) is 11.5. The van der Waals surface area contributed by atoms with Crippen molar-refractivity contribution in [3.63, 3.8) is 0 Å². The molecule has 6 heteroatoms. The van der Waals surface area contributed by atoms with E-state index in [2.05, 4.69) is 85.9 Å². The predicted octanol–water partition coefficient (Wildman–Crippen LogP) is 4.23. The van der Waals surface area contributed by atoms with Gasteiger partial charge in [-0.25, -0.2) is 0 Å². The number of anilines is 1. The van der Waals surface area contributed by atoms with Crippen molar-refractivity contribution in [3.8, 4) is 5.75 Å².